The Hall–Kier alpha value is -4.06. The molecular weight excluding hydrogens is 492 g/mol. The summed E-state index contributed by atoms with van der Waals surface area (Å²) >= 11 is 0. The number of amides is 1. The molecule has 2 aliphatic rings. The number of rotatable bonds is 5. The van der Waals surface area contributed by atoms with E-state index in [1.54, 1.807) is 42.9 Å². The van der Waals surface area contributed by atoms with Crippen molar-refractivity contribution in [3.8, 4) is 11.1 Å². The summed E-state index contributed by atoms with van der Waals surface area (Å²) in [6.07, 6.45) is 13.7. The molecule has 1 aliphatic carbocycles. The number of aromatic nitrogens is 7. The lowest BCUT2D eigenvalue weighted by molar-refractivity contribution is -0.133. The second kappa shape index (κ2) is 8.23. The van der Waals surface area contributed by atoms with Gasteiger partial charge >= 0.3 is 10.0 Å². The van der Waals surface area contributed by atoms with Crippen molar-refractivity contribution in [1.82, 2.24) is 38.2 Å². The average molecular weight is 517 g/mol. The smallest absolute Gasteiger partial charge is 0.301 e. The lowest BCUT2D eigenvalue weighted by Crippen LogP contribution is -2.39. The van der Waals surface area contributed by atoms with Crippen LogP contribution in [0.3, 0.4) is 0 Å². The highest BCUT2D eigenvalue weighted by Gasteiger charge is 2.35. The minimum atomic E-state index is -4.02. The Morgan fingerprint density at radius 1 is 0.919 bits per heavy atom. The summed E-state index contributed by atoms with van der Waals surface area (Å²) in [5.74, 6) is 0.551. The number of piperidine rings is 1. The van der Waals surface area contributed by atoms with E-state index >= 15 is 0 Å². The molecule has 7 rings (SSSR count). The summed E-state index contributed by atoms with van der Waals surface area (Å²) in [6.45, 7) is 1.51. The van der Waals surface area contributed by atoms with Gasteiger partial charge in [0.15, 0.2) is 5.03 Å². The van der Waals surface area contributed by atoms with E-state index in [0.717, 1.165) is 54.0 Å². The van der Waals surface area contributed by atoms with E-state index < -0.39 is 10.0 Å². The average Bonchev–Trinajstić information content (AvgIpc) is 3.31. The van der Waals surface area contributed by atoms with E-state index in [1.165, 1.54) is 16.8 Å². The van der Waals surface area contributed by atoms with Gasteiger partial charge in [-0.2, -0.15) is 22.7 Å². The molecule has 5 aromatic rings. The van der Waals surface area contributed by atoms with Gasteiger partial charge in [-0.05, 0) is 43.9 Å². The molecule has 188 valence electrons. The van der Waals surface area contributed by atoms with Crippen LogP contribution in [0.1, 0.15) is 31.7 Å². The molecule has 0 N–H and O–H groups in total. The van der Waals surface area contributed by atoms with Gasteiger partial charge in [-0.3, -0.25) is 18.9 Å². The second-order valence-electron chi connectivity index (χ2n) is 9.69. The lowest BCUT2D eigenvalue weighted by atomic mass is 10.0. The highest BCUT2D eigenvalue weighted by Crippen LogP contribution is 2.33. The maximum absolute atomic E-state index is 13.5. The molecule has 0 aromatic carbocycles. The van der Waals surface area contributed by atoms with E-state index in [-0.39, 0.29) is 17.0 Å². The number of hydrogen-bond donors (Lipinski definition) is 0. The fourth-order valence-corrected chi connectivity index (χ4v) is 6.39. The Morgan fingerprint density at radius 2 is 1.76 bits per heavy atom. The zero-order valence-electron chi connectivity index (χ0n) is 19.9. The van der Waals surface area contributed by atoms with Crippen molar-refractivity contribution >= 4 is 32.6 Å². The highest BCUT2D eigenvalue weighted by molar-refractivity contribution is 7.90. The van der Waals surface area contributed by atoms with Crippen molar-refractivity contribution in [2.24, 2.45) is 5.92 Å². The summed E-state index contributed by atoms with van der Waals surface area (Å²) in [6, 6.07) is 7.28. The van der Waals surface area contributed by atoms with Gasteiger partial charge in [0, 0.05) is 48.7 Å². The number of pyridine rings is 2. The molecule has 37 heavy (non-hydrogen) atoms. The van der Waals surface area contributed by atoms with Crippen LogP contribution in [0.5, 0.6) is 0 Å². The maximum Gasteiger partial charge on any atom is 0.301 e. The normalized spacial score (nSPS) is 17.1. The van der Waals surface area contributed by atoms with Crippen molar-refractivity contribution in [3.05, 3.63) is 61.4 Å². The lowest BCUT2D eigenvalue weighted by Gasteiger charge is -2.32. The minimum absolute atomic E-state index is 0.0258. The first kappa shape index (κ1) is 22.2. The quantitative estimate of drug-likeness (QED) is 0.352. The van der Waals surface area contributed by atoms with Gasteiger partial charge in [0.2, 0.25) is 5.91 Å². The van der Waals surface area contributed by atoms with Gasteiger partial charge in [-0.1, -0.05) is 6.07 Å². The predicted molar refractivity (Wildman–Crippen MR) is 134 cm³/mol. The van der Waals surface area contributed by atoms with Crippen LogP contribution in [0.15, 0.2) is 66.5 Å². The topological polar surface area (TPSA) is 120 Å². The van der Waals surface area contributed by atoms with Crippen molar-refractivity contribution in [3.63, 3.8) is 0 Å². The molecule has 1 saturated carbocycles. The van der Waals surface area contributed by atoms with E-state index in [9.17, 15) is 13.2 Å². The Bertz CT molecular complexity index is 1760. The number of carbonyl (C=O) groups is 1. The van der Waals surface area contributed by atoms with Crippen LogP contribution in [-0.4, -0.2) is 65.6 Å². The number of carbonyl (C=O) groups excluding carboxylic acids is 1. The van der Waals surface area contributed by atoms with Gasteiger partial charge in [0.1, 0.15) is 16.7 Å². The van der Waals surface area contributed by atoms with E-state index in [0.29, 0.717) is 22.6 Å². The van der Waals surface area contributed by atoms with Crippen molar-refractivity contribution in [2.75, 3.05) is 13.1 Å². The van der Waals surface area contributed by atoms with Gasteiger partial charge in [0.05, 0.1) is 24.6 Å². The third-order valence-corrected chi connectivity index (χ3v) is 8.85. The summed E-state index contributed by atoms with van der Waals surface area (Å²) < 4.78 is 31.5. The van der Waals surface area contributed by atoms with Crippen LogP contribution in [-0.2, 0) is 14.8 Å². The zero-order valence-corrected chi connectivity index (χ0v) is 20.7. The number of nitrogens with zero attached hydrogens (tertiary/aromatic N) is 8. The number of imidazole rings is 1. The molecule has 11 nitrogen and oxygen atoms in total. The van der Waals surface area contributed by atoms with Gasteiger partial charge in [-0.15, -0.1) is 0 Å². The standard InChI is InChI=1S/C25H24N8O3S/c34-25(17-4-5-17)30-9-6-20(7-10-30)32-16-19(13-28-32)18-11-22-21(26-12-18)14-29-33(22)37(35,36)24-15-27-23-3-1-2-8-31(23)24/h1-3,8,11-17,20H,4-7,9-10H2. The molecule has 0 bridgehead atoms. The van der Waals surface area contributed by atoms with Crippen LogP contribution in [0, 0.1) is 5.92 Å². The third kappa shape index (κ3) is 3.70. The Morgan fingerprint density at radius 3 is 2.57 bits per heavy atom. The van der Waals surface area contributed by atoms with E-state index in [2.05, 4.69) is 20.2 Å². The van der Waals surface area contributed by atoms with Crippen molar-refractivity contribution < 1.29 is 13.2 Å². The van der Waals surface area contributed by atoms with Crippen molar-refractivity contribution in [1.29, 1.82) is 0 Å². The fourth-order valence-electron chi connectivity index (χ4n) is 5.05. The summed E-state index contributed by atoms with van der Waals surface area (Å²) in [7, 11) is -4.02. The molecule has 1 aliphatic heterocycles. The number of fused-ring (bicyclic) bond motifs is 2. The SMILES string of the molecule is O=C(C1CC1)N1CCC(n2cc(-c3cnc4cnn(S(=O)(=O)c5cnc6ccccn56)c4c3)cn2)CC1. The van der Waals surface area contributed by atoms with Gasteiger partial charge in [0.25, 0.3) is 0 Å². The summed E-state index contributed by atoms with van der Waals surface area (Å²) in [4.78, 5) is 23.0. The Labute approximate surface area is 212 Å². The summed E-state index contributed by atoms with van der Waals surface area (Å²) in [5, 5.41) is 8.76. The van der Waals surface area contributed by atoms with Crippen LogP contribution < -0.4 is 0 Å². The molecule has 0 atom stereocenters. The minimum Gasteiger partial charge on any atom is -0.342 e. The van der Waals surface area contributed by atoms with E-state index in [1.807, 2.05) is 15.8 Å². The predicted octanol–water partition coefficient (Wildman–Crippen LogP) is 2.75. The molecule has 2 fully saturated rings. The molecule has 5 aromatic heterocycles. The first-order chi connectivity index (χ1) is 18.0. The molecule has 1 saturated heterocycles. The van der Waals surface area contributed by atoms with Crippen LogP contribution in [0.4, 0.5) is 0 Å². The Balaban J connectivity index is 1.17. The molecule has 0 spiro atoms. The highest BCUT2D eigenvalue weighted by atomic mass is 32.2. The van der Waals surface area contributed by atoms with Crippen LogP contribution in [0.25, 0.3) is 27.8 Å². The zero-order chi connectivity index (χ0) is 25.1. The molecule has 1 amide bonds. The maximum atomic E-state index is 13.5. The third-order valence-electron chi connectivity index (χ3n) is 7.28. The first-order valence-electron chi connectivity index (χ1n) is 12.3. The van der Waals surface area contributed by atoms with Crippen molar-refractivity contribution in [2.45, 2.75) is 36.8 Å². The first-order valence-corrected chi connectivity index (χ1v) is 13.8. The van der Waals surface area contributed by atoms with Gasteiger partial charge < -0.3 is 4.90 Å². The molecule has 6 heterocycles. The Kier molecular flexibility index (Phi) is 4.93. The molecule has 12 heteroatoms. The fraction of sp³-hybridized carbons (Fsp3) is 0.320. The molecular formula is C25H24N8O3S. The summed E-state index contributed by atoms with van der Waals surface area (Å²) in [5.41, 5.74) is 2.97. The monoisotopic (exact) mass is 516 g/mol. The largest absolute Gasteiger partial charge is 0.342 e. The number of hydrogen-bond acceptors (Lipinski definition) is 7. The van der Waals surface area contributed by atoms with Crippen LogP contribution in [0.2, 0.25) is 0 Å². The van der Waals surface area contributed by atoms with E-state index in [4.69, 9.17) is 0 Å². The molecule has 0 unspecified atom stereocenters. The van der Waals surface area contributed by atoms with Gasteiger partial charge in [-0.25, -0.2) is 4.98 Å². The van der Waals surface area contributed by atoms with Crippen LogP contribution >= 0.6 is 0 Å². The molecule has 0 radical (unpaired) electrons. The second-order valence-corrected chi connectivity index (χ2v) is 11.4. The number of likely N-dealkylation sites (tertiary alicyclic amines) is 1.